The molecule has 122 valence electrons. The quantitative estimate of drug-likeness (QED) is 0.748. The van der Waals surface area contributed by atoms with Gasteiger partial charge in [0.25, 0.3) is 0 Å². The summed E-state index contributed by atoms with van der Waals surface area (Å²) < 4.78 is 5.97. The average Bonchev–Trinajstić information content (AvgIpc) is 3.19. The van der Waals surface area contributed by atoms with Crippen LogP contribution in [-0.2, 0) is 11.8 Å². The monoisotopic (exact) mass is 318 g/mol. The van der Waals surface area contributed by atoms with Crippen LogP contribution in [0.4, 0.5) is 0 Å². The first-order valence-corrected chi connectivity index (χ1v) is 8.98. The van der Waals surface area contributed by atoms with E-state index in [1.54, 1.807) is 0 Å². The van der Waals surface area contributed by atoms with Crippen LogP contribution in [0, 0.1) is 5.92 Å². The van der Waals surface area contributed by atoms with E-state index in [0.717, 1.165) is 41.6 Å². The van der Waals surface area contributed by atoms with Crippen LogP contribution >= 0.6 is 0 Å². The number of fused-ring (bicyclic) bond motifs is 3. The molecule has 3 heteroatoms. The Hall–Kier alpha value is -2.29. The van der Waals surface area contributed by atoms with Gasteiger partial charge in [-0.25, -0.2) is 4.98 Å². The van der Waals surface area contributed by atoms with Crippen molar-refractivity contribution < 1.29 is 4.74 Å². The largest absolute Gasteiger partial charge is 0.492 e. The Bertz CT molecular complexity index is 841. The Morgan fingerprint density at radius 2 is 1.83 bits per heavy atom. The second-order valence-electron chi connectivity index (χ2n) is 7.41. The van der Waals surface area contributed by atoms with Gasteiger partial charge in [-0.1, -0.05) is 30.3 Å². The predicted octanol–water partition coefficient (Wildman–Crippen LogP) is 4.63. The molecule has 0 saturated heterocycles. The first-order valence-electron chi connectivity index (χ1n) is 8.98. The molecule has 1 saturated carbocycles. The molecular weight excluding hydrogens is 296 g/mol. The molecule has 0 atom stereocenters. The molecule has 0 bridgehead atoms. The molecule has 3 aromatic rings. The number of H-pyrrole nitrogens is 1. The van der Waals surface area contributed by atoms with Crippen LogP contribution in [0.5, 0.6) is 5.75 Å². The summed E-state index contributed by atoms with van der Waals surface area (Å²) in [6.07, 6.45) is 6.04. The number of hydrogen-bond donors (Lipinski definition) is 1. The maximum absolute atomic E-state index is 5.97. The summed E-state index contributed by atoms with van der Waals surface area (Å²) >= 11 is 0. The normalized spacial score (nSPS) is 25.8. The lowest BCUT2D eigenvalue weighted by molar-refractivity contribution is 0.179. The second kappa shape index (κ2) is 5.37. The van der Waals surface area contributed by atoms with E-state index in [4.69, 9.17) is 9.72 Å². The summed E-state index contributed by atoms with van der Waals surface area (Å²) in [5.74, 6) is 2.97. The SMILES string of the molecule is c1ccc2c(c1)OCC21CCC(Cc2nc3ccccc3[nH]2)CC1. The smallest absolute Gasteiger partial charge is 0.123 e. The predicted molar refractivity (Wildman–Crippen MR) is 95.4 cm³/mol. The Balaban J connectivity index is 1.31. The fourth-order valence-corrected chi connectivity index (χ4v) is 4.55. The van der Waals surface area contributed by atoms with E-state index in [1.807, 2.05) is 0 Å². The van der Waals surface area contributed by atoms with E-state index < -0.39 is 0 Å². The van der Waals surface area contributed by atoms with Gasteiger partial charge in [-0.2, -0.15) is 0 Å². The zero-order valence-corrected chi connectivity index (χ0v) is 13.8. The van der Waals surface area contributed by atoms with E-state index in [-0.39, 0.29) is 5.41 Å². The number of aromatic amines is 1. The van der Waals surface area contributed by atoms with Crippen LogP contribution < -0.4 is 4.74 Å². The molecule has 1 aliphatic heterocycles. The Morgan fingerprint density at radius 1 is 1.04 bits per heavy atom. The highest BCUT2D eigenvalue weighted by Crippen LogP contribution is 2.49. The van der Waals surface area contributed by atoms with Gasteiger partial charge in [-0.15, -0.1) is 0 Å². The number of nitrogens with zero attached hydrogens (tertiary/aromatic N) is 1. The molecule has 2 heterocycles. The molecule has 1 aromatic heterocycles. The third-order valence-corrected chi connectivity index (χ3v) is 5.95. The number of hydrogen-bond acceptors (Lipinski definition) is 2. The number of nitrogens with one attached hydrogen (secondary N) is 1. The van der Waals surface area contributed by atoms with E-state index in [0.29, 0.717) is 0 Å². The molecule has 1 fully saturated rings. The third kappa shape index (κ3) is 2.22. The van der Waals surface area contributed by atoms with Crippen LogP contribution in [-0.4, -0.2) is 16.6 Å². The number of ether oxygens (including phenoxy) is 1. The molecule has 0 amide bonds. The van der Waals surface area contributed by atoms with Crippen LogP contribution in [0.1, 0.15) is 37.1 Å². The number of benzene rings is 2. The highest BCUT2D eigenvalue weighted by Gasteiger charge is 2.43. The first kappa shape index (κ1) is 14.1. The fraction of sp³-hybridized carbons (Fsp3) is 0.381. The van der Waals surface area contributed by atoms with Gasteiger partial charge in [-0.05, 0) is 49.8 Å². The lowest BCUT2D eigenvalue weighted by Gasteiger charge is -2.36. The standard InChI is InChI=1S/C21H22N2O/c1-4-8-19-16(5-1)21(14-24-19)11-9-15(10-12-21)13-20-22-17-6-2-3-7-18(17)23-20/h1-8,15H,9-14H2,(H,22,23). The minimum absolute atomic E-state index is 0.265. The van der Waals surface area contributed by atoms with Crippen LogP contribution in [0.3, 0.4) is 0 Å². The van der Waals surface area contributed by atoms with Gasteiger partial charge in [0.15, 0.2) is 0 Å². The molecule has 5 rings (SSSR count). The summed E-state index contributed by atoms with van der Waals surface area (Å²) in [5.41, 5.74) is 3.93. The molecule has 1 spiro atoms. The zero-order chi connectivity index (χ0) is 16.0. The lowest BCUT2D eigenvalue weighted by Crippen LogP contribution is -2.33. The molecule has 1 aliphatic carbocycles. The van der Waals surface area contributed by atoms with Gasteiger partial charge < -0.3 is 9.72 Å². The number of para-hydroxylation sites is 3. The summed E-state index contributed by atoms with van der Waals surface area (Å²) in [6, 6.07) is 16.9. The maximum atomic E-state index is 5.97. The van der Waals surface area contributed by atoms with Crippen molar-refractivity contribution in [2.24, 2.45) is 5.92 Å². The average molecular weight is 318 g/mol. The van der Waals surface area contributed by atoms with Crippen molar-refractivity contribution in [2.75, 3.05) is 6.61 Å². The topological polar surface area (TPSA) is 37.9 Å². The van der Waals surface area contributed by atoms with E-state index >= 15 is 0 Å². The van der Waals surface area contributed by atoms with Gasteiger partial charge in [0, 0.05) is 17.4 Å². The first-order chi connectivity index (χ1) is 11.8. The Morgan fingerprint density at radius 3 is 2.71 bits per heavy atom. The molecular formula is C21H22N2O. The second-order valence-corrected chi connectivity index (χ2v) is 7.41. The maximum Gasteiger partial charge on any atom is 0.123 e. The van der Waals surface area contributed by atoms with Crippen molar-refractivity contribution in [3.05, 3.63) is 59.9 Å². The van der Waals surface area contributed by atoms with E-state index in [9.17, 15) is 0 Å². The van der Waals surface area contributed by atoms with Gasteiger partial charge in [0.05, 0.1) is 17.6 Å². The van der Waals surface area contributed by atoms with Crippen molar-refractivity contribution in [2.45, 2.75) is 37.5 Å². The minimum atomic E-state index is 0.265. The highest BCUT2D eigenvalue weighted by molar-refractivity contribution is 5.74. The van der Waals surface area contributed by atoms with E-state index in [2.05, 4.69) is 53.5 Å². The van der Waals surface area contributed by atoms with Crippen molar-refractivity contribution in [3.63, 3.8) is 0 Å². The van der Waals surface area contributed by atoms with Crippen molar-refractivity contribution in [3.8, 4) is 5.75 Å². The highest BCUT2D eigenvalue weighted by atomic mass is 16.5. The lowest BCUT2D eigenvalue weighted by atomic mass is 9.67. The summed E-state index contributed by atoms with van der Waals surface area (Å²) in [4.78, 5) is 8.24. The summed E-state index contributed by atoms with van der Waals surface area (Å²) in [6.45, 7) is 0.865. The minimum Gasteiger partial charge on any atom is -0.492 e. The van der Waals surface area contributed by atoms with Gasteiger partial charge in [0.2, 0.25) is 0 Å². The van der Waals surface area contributed by atoms with Crippen LogP contribution in [0.15, 0.2) is 48.5 Å². The van der Waals surface area contributed by atoms with Crippen molar-refractivity contribution in [1.29, 1.82) is 0 Å². The zero-order valence-electron chi connectivity index (χ0n) is 13.8. The van der Waals surface area contributed by atoms with Crippen LogP contribution in [0.2, 0.25) is 0 Å². The summed E-state index contributed by atoms with van der Waals surface area (Å²) in [7, 11) is 0. The Labute approximate surface area is 142 Å². The molecule has 3 nitrogen and oxygen atoms in total. The van der Waals surface area contributed by atoms with Gasteiger partial charge in [0.1, 0.15) is 11.6 Å². The molecule has 24 heavy (non-hydrogen) atoms. The third-order valence-electron chi connectivity index (χ3n) is 5.95. The number of aromatic nitrogens is 2. The molecule has 0 radical (unpaired) electrons. The van der Waals surface area contributed by atoms with Crippen LogP contribution in [0.25, 0.3) is 11.0 Å². The van der Waals surface area contributed by atoms with Gasteiger partial charge >= 0.3 is 0 Å². The Kier molecular flexibility index (Phi) is 3.15. The summed E-state index contributed by atoms with van der Waals surface area (Å²) in [5, 5.41) is 0. The van der Waals surface area contributed by atoms with Gasteiger partial charge in [-0.3, -0.25) is 0 Å². The number of imidazole rings is 1. The number of rotatable bonds is 2. The molecule has 2 aliphatic rings. The van der Waals surface area contributed by atoms with E-state index in [1.165, 1.54) is 31.2 Å². The molecule has 2 aromatic carbocycles. The fourth-order valence-electron chi connectivity index (χ4n) is 4.55. The molecule has 1 N–H and O–H groups in total. The molecule has 0 unspecified atom stereocenters. The van der Waals surface area contributed by atoms with Crippen molar-refractivity contribution in [1.82, 2.24) is 9.97 Å². The van der Waals surface area contributed by atoms with Crippen molar-refractivity contribution >= 4 is 11.0 Å².